The number of benzene rings is 1. The largest absolute Gasteiger partial charge is 0.468 e. The molecule has 2 rings (SSSR count). The first-order valence-electron chi connectivity index (χ1n) is 6.30. The Morgan fingerprint density at radius 3 is 2.78 bits per heavy atom. The summed E-state index contributed by atoms with van der Waals surface area (Å²) in [6.45, 7) is -0.898. The van der Waals surface area contributed by atoms with Crippen LogP contribution in [-0.4, -0.2) is 38.1 Å². The number of rotatable bonds is 5. The lowest BCUT2D eigenvalue weighted by atomic mass is 10.2. The van der Waals surface area contributed by atoms with Crippen LogP contribution in [0.2, 0.25) is 5.02 Å². The molecule has 1 aromatic heterocycles. The molecule has 23 heavy (non-hydrogen) atoms. The minimum absolute atomic E-state index is 0.0769. The number of nitrogens with one attached hydrogen (secondary N) is 1. The van der Waals surface area contributed by atoms with Crippen molar-refractivity contribution in [3.05, 3.63) is 33.9 Å². The van der Waals surface area contributed by atoms with Gasteiger partial charge >= 0.3 is 11.9 Å². The summed E-state index contributed by atoms with van der Waals surface area (Å²) in [5.41, 5.74) is 0. The summed E-state index contributed by atoms with van der Waals surface area (Å²) in [6.07, 6.45) is 0. The zero-order valence-corrected chi connectivity index (χ0v) is 13.4. The average molecular weight is 360 g/mol. The number of hydrogen-bond donors (Lipinski definition) is 1. The van der Waals surface area contributed by atoms with Crippen LogP contribution in [0.3, 0.4) is 0 Å². The molecule has 0 atom stereocenters. The van der Waals surface area contributed by atoms with E-state index in [-0.39, 0.29) is 16.4 Å². The third-order valence-corrected chi connectivity index (χ3v) is 4.41. The molecule has 122 valence electrons. The standard InChI is InChI=1S/C14H11ClFNO5S/c1-21-11(19)5-17-10(18)6-22-14(20)13-12(15)8-3-2-7(16)4-9(8)23-13/h2-4H,5-6H2,1H3,(H,17,18). The van der Waals surface area contributed by atoms with E-state index in [1.54, 1.807) is 0 Å². The Hall–Kier alpha value is -2.19. The molecular weight excluding hydrogens is 349 g/mol. The third kappa shape index (κ3) is 4.17. The van der Waals surface area contributed by atoms with Crippen LogP contribution in [-0.2, 0) is 19.1 Å². The first kappa shape index (κ1) is 17.2. The molecule has 0 spiro atoms. The number of thiophene rings is 1. The number of fused-ring (bicyclic) bond motifs is 1. The van der Waals surface area contributed by atoms with Gasteiger partial charge in [-0.2, -0.15) is 0 Å². The molecule has 0 fully saturated rings. The van der Waals surface area contributed by atoms with Gasteiger partial charge in [0.2, 0.25) is 0 Å². The Morgan fingerprint density at radius 1 is 1.35 bits per heavy atom. The molecule has 2 aromatic rings. The van der Waals surface area contributed by atoms with Crippen LogP contribution >= 0.6 is 22.9 Å². The molecule has 0 saturated heterocycles. The van der Waals surface area contributed by atoms with Crippen LogP contribution in [0.25, 0.3) is 10.1 Å². The fourth-order valence-electron chi connectivity index (χ4n) is 1.66. The van der Waals surface area contributed by atoms with Crippen molar-refractivity contribution in [2.45, 2.75) is 0 Å². The Labute approximate surface area is 139 Å². The maximum absolute atomic E-state index is 13.2. The third-order valence-electron chi connectivity index (χ3n) is 2.77. The Balaban J connectivity index is 2.00. The zero-order chi connectivity index (χ0) is 17.0. The highest BCUT2D eigenvalue weighted by molar-refractivity contribution is 7.21. The van der Waals surface area contributed by atoms with Gasteiger partial charge in [0.25, 0.3) is 5.91 Å². The van der Waals surface area contributed by atoms with Crippen LogP contribution < -0.4 is 5.32 Å². The number of ether oxygens (including phenoxy) is 2. The monoisotopic (exact) mass is 359 g/mol. The lowest BCUT2D eigenvalue weighted by Gasteiger charge is -2.05. The number of amides is 1. The van der Waals surface area contributed by atoms with E-state index in [2.05, 4.69) is 10.1 Å². The normalized spacial score (nSPS) is 10.4. The molecule has 1 heterocycles. The second-order valence-electron chi connectivity index (χ2n) is 4.31. The SMILES string of the molecule is COC(=O)CNC(=O)COC(=O)c1sc2cc(F)ccc2c1Cl. The summed E-state index contributed by atoms with van der Waals surface area (Å²) in [7, 11) is 1.18. The number of carbonyl (C=O) groups excluding carboxylic acids is 3. The van der Waals surface area contributed by atoms with E-state index in [9.17, 15) is 18.8 Å². The highest BCUT2D eigenvalue weighted by Crippen LogP contribution is 2.36. The highest BCUT2D eigenvalue weighted by Gasteiger charge is 2.19. The summed E-state index contributed by atoms with van der Waals surface area (Å²) < 4.78 is 22.8. The van der Waals surface area contributed by atoms with Gasteiger partial charge in [0.15, 0.2) is 6.61 Å². The highest BCUT2D eigenvalue weighted by atomic mass is 35.5. The topological polar surface area (TPSA) is 81.7 Å². The molecular formula is C14H11ClFNO5S. The fourth-order valence-corrected chi connectivity index (χ4v) is 3.09. The maximum Gasteiger partial charge on any atom is 0.350 e. The van der Waals surface area contributed by atoms with E-state index in [1.807, 2.05) is 0 Å². The van der Waals surface area contributed by atoms with Gasteiger partial charge in [-0.15, -0.1) is 11.3 Å². The molecule has 1 amide bonds. The van der Waals surface area contributed by atoms with Crippen molar-refractivity contribution < 1.29 is 28.2 Å². The van der Waals surface area contributed by atoms with Crippen molar-refractivity contribution in [2.75, 3.05) is 20.3 Å². The Bertz CT molecular complexity index is 776. The molecule has 1 N–H and O–H groups in total. The summed E-state index contributed by atoms with van der Waals surface area (Å²) in [5.74, 6) is -2.53. The smallest absolute Gasteiger partial charge is 0.350 e. The molecule has 0 saturated carbocycles. The van der Waals surface area contributed by atoms with E-state index >= 15 is 0 Å². The summed E-state index contributed by atoms with van der Waals surface area (Å²) in [5, 5.41) is 2.89. The van der Waals surface area contributed by atoms with E-state index < -0.39 is 30.3 Å². The van der Waals surface area contributed by atoms with Crippen molar-refractivity contribution in [3.63, 3.8) is 0 Å². The van der Waals surface area contributed by atoms with Crippen molar-refractivity contribution >= 4 is 50.9 Å². The van der Waals surface area contributed by atoms with Crippen molar-refractivity contribution in [3.8, 4) is 0 Å². The predicted molar refractivity (Wildman–Crippen MR) is 82.1 cm³/mol. The molecule has 0 aliphatic rings. The second kappa shape index (κ2) is 7.38. The van der Waals surface area contributed by atoms with Crippen LogP contribution in [0, 0.1) is 5.82 Å². The predicted octanol–water partition coefficient (Wildman–Crippen LogP) is 2.14. The van der Waals surface area contributed by atoms with Gasteiger partial charge in [-0.3, -0.25) is 9.59 Å². The first-order valence-corrected chi connectivity index (χ1v) is 7.50. The van der Waals surface area contributed by atoms with Gasteiger partial charge < -0.3 is 14.8 Å². The van der Waals surface area contributed by atoms with E-state index in [1.165, 1.54) is 25.3 Å². The average Bonchev–Trinajstić information content (AvgIpc) is 2.86. The number of carbonyl (C=O) groups is 3. The zero-order valence-electron chi connectivity index (χ0n) is 11.9. The van der Waals surface area contributed by atoms with Gasteiger partial charge in [0.05, 0.1) is 12.1 Å². The van der Waals surface area contributed by atoms with Crippen LogP contribution in [0.5, 0.6) is 0 Å². The number of esters is 2. The van der Waals surface area contributed by atoms with Gasteiger partial charge in [0.1, 0.15) is 17.2 Å². The minimum atomic E-state index is -0.801. The van der Waals surface area contributed by atoms with Crippen molar-refractivity contribution in [2.24, 2.45) is 0 Å². The number of hydrogen-bond acceptors (Lipinski definition) is 6. The molecule has 0 aliphatic carbocycles. The second-order valence-corrected chi connectivity index (χ2v) is 5.74. The minimum Gasteiger partial charge on any atom is -0.468 e. The summed E-state index contributed by atoms with van der Waals surface area (Å²) in [6, 6.07) is 3.95. The van der Waals surface area contributed by atoms with E-state index in [0.29, 0.717) is 10.1 Å². The molecule has 1 aromatic carbocycles. The molecule has 9 heteroatoms. The molecule has 0 bridgehead atoms. The van der Waals surface area contributed by atoms with Gasteiger partial charge in [0, 0.05) is 10.1 Å². The lowest BCUT2D eigenvalue weighted by molar-refractivity contribution is -0.141. The summed E-state index contributed by atoms with van der Waals surface area (Å²) in [4.78, 5) is 34.3. The Kier molecular flexibility index (Phi) is 5.51. The van der Waals surface area contributed by atoms with Gasteiger partial charge in [-0.05, 0) is 18.2 Å². The number of methoxy groups -OCH3 is 1. The Morgan fingerprint density at radius 2 is 2.09 bits per heavy atom. The van der Waals surface area contributed by atoms with Gasteiger partial charge in [-0.25, -0.2) is 9.18 Å². The molecule has 0 radical (unpaired) electrons. The summed E-state index contributed by atoms with van der Waals surface area (Å²) >= 11 is 7.03. The number of halogens is 2. The van der Waals surface area contributed by atoms with Gasteiger partial charge in [-0.1, -0.05) is 11.6 Å². The lowest BCUT2D eigenvalue weighted by Crippen LogP contribution is -2.33. The molecule has 0 unspecified atom stereocenters. The fraction of sp³-hybridized carbons (Fsp3) is 0.214. The van der Waals surface area contributed by atoms with Crippen molar-refractivity contribution in [1.82, 2.24) is 5.32 Å². The van der Waals surface area contributed by atoms with Crippen LogP contribution in [0.1, 0.15) is 9.67 Å². The van der Waals surface area contributed by atoms with Crippen molar-refractivity contribution in [1.29, 1.82) is 0 Å². The maximum atomic E-state index is 13.2. The van der Waals surface area contributed by atoms with E-state index in [4.69, 9.17) is 16.3 Å². The first-order chi connectivity index (χ1) is 10.9. The quantitative estimate of drug-likeness (QED) is 0.827. The molecule has 6 nitrogen and oxygen atoms in total. The molecule has 0 aliphatic heterocycles. The van der Waals surface area contributed by atoms with E-state index in [0.717, 1.165) is 11.3 Å². The van der Waals surface area contributed by atoms with Crippen LogP contribution in [0.4, 0.5) is 4.39 Å². The van der Waals surface area contributed by atoms with Crippen LogP contribution in [0.15, 0.2) is 18.2 Å².